The molecule has 10 nitrogen and oxygen atoms in total. The lowest BCUT2D eigenvalue weighted by Gasteiger charge is -2.59. The van der Waals surface area contributed by atoms with E-state index in [-0.39, 0.29) is 34.9 Å². The van der Waals surface area contributed by atoms with Crippen molar-refractivity contribution in [1.82, 2.24) is 19.6 Å². The first-order chi connectivity index (χ1) is 20.2. The molecule has 0 radical (unpaired) electrons. The Bertz CT molecular complexity index is 1220. The molecule has 2 spiro atoms. The molecule has 0 aromatic heterocycles. The van der Waals surface area contributed by atoms with Crippen LogP contribution in [0.4, 0.5) is 9.59 Å². The number of carbonyl (C=O) groups is 5. The highest BCUT2D eigenvalue weighted by atomic mass is 32.2. The van der Waals surface area contributed by atoms with Crippen LogP contribution in [0.1, 0.15) is 70.6 Å². The van der Waals surface area contributed by atoms with E-state index >= 15 is 0 Å². The standard InChI is InChI=1S/C30H40N4O6S2/c1-31-26(37)30(33(27(31)38)15-20-8-11-40-16-20)17-29(18-30)9-6-21(7-10-29)34-24(36)22(25-41-12-3-13-42-25)23(35)32(28(34)39)14-19-4-2-5-19/h19-21H,2-18H2,1H3/t20-,21?,29?,30?/m1/s1. The van der Waals surface area contributed by atoms with E-state index in [1.54, 1.807) is 30.6 Å². The zero-order valence-corrected chi connectivity index (χ0v) is 25.9. The third-order valence-corrected chi connectivity index (χ3v) is 13.5. The van der Waals surface area contributed by atoms with Crippen LogP contribution in [0.5, 0.6) is 0 Å². The second-order valence-electron chi connectivity index (χ2n) is 13.5. The molecule has 0 aromatic carbocycles. The van der Waals surface area contributed by atoms with Crippen molar-refractivity contribution in [1.29, 1.82) is 0 Å². The van der Waals surface area contributed by atoms with Gasteiger partial charge in [0.15, 0.2) is 0 Å². The summed E-state index contributed by atoms with van der Waals surface area (Å²) in [5, 5.41) is 0. The van der Waals surface area contributed by atoms with Crippen LogP contribution in [0.3, 0.4) is 0 Å². The fourth-order valence-electron chi connectivity index (χ4n) is 8.29. The Morgan fingerprint density at radius 3 is 2.17 bits per heavy atom. The summed E-state index contributed by atoms with van der Waals surface area (Å²) in [4.78, 5) is 73.6. The minimum atomic E-state index is -0.781. The van der Waals surface area contributed by atoms with Crippen LogP contribution in [0, 0.1) is 17.3 Å². The van der Waals surface area contributed by atoms with Crippen molar-refractivity contribution in [3.05, 3.63) is 9.81 Å². The fourth-order valence-corrected chi connectivity index (χ4v) is 10.9. The maximum atomic E-state index is 13.9. The van der Waals surface area contributed by atoms with Gasteiger partial charge in [-0.1, -0.05) is 6.42 Å². The van der Waals surface area contributed by atoms with Gasteiger partial charge in [0.05, 0.1) is 10.8 Å². The van der Waals surface area contributed by atoms with Gasteiger partial charge in [-0.15, -0.1) is 23.5 Å². The molecule has 0 bridgehead atoms. The Kier molecular flexibility index (Phi) is 7.41. The quantitative estimate of drug-likeness (QED) is 0.259. The molecule has 42 heavy (non-hydrogen) atoms. The van der Waals surface area contributed by atoms with E-state index < -0.39 is 23.4 Å². The molecular weight excluding hydrogens is 576 g/mol. The number of hydrogen-bond donors (Lipinski definition) is 0. The number of likely N-dealkylation sites (N-methyl/N-ethyl adjacent to an activating group) is 1. The number of rotatable bonds is 5. The van der Waals surface area contributed by atoms with Gasteiger partial charge in [0.2, 0.25) is 0 Å². The van der Waals surface area contributed by atoms with E-state index in [0.717, 1.165) is 60.7 Å². The van der Waals surface area contributed by atoms with Crippen LogP contribution >= 0.6 is 23.5 Å². The molecule has 228 valence electrons. The predicted octanol–water partition coefficient (Wildman–Crippen LogP) is 4.05. The Morgan fingerprint density at radius 2 is 1.55 bits per heavy atom. The first kappa shape index (κ1) is 28.7. The van der Waals surface area contributed by atoms with Crippen molar-refractivity contribution in [2.24, 2.45) is 17.3 Å². The SMILES string of the molecule is CN1C(=O)N(C[C@H]2CCOC2)C2(CC3(CCC(N4C(=O)C(=C5SCCCS5)C(=O)N(CC5CCC5)C4=O)CC3)C2)C1=O. The number of amides is 7. The largest absolute Gasteiger partial charge is 0.381 e. The van der Waals surface area contributed by atoms with Gasteiger partial charge in [0, 0.05) is 38.7 Å². The van der Waals surface area contributed by atoms with E-state index in [1.165, 1.54) is 14.7 Å². The normalized spacial score (nSPS) is 36.2. The maximum absolute atomic E-state index is 13.9. The number of thioether (sulfide) groups is 2. The number of ether oxygens (including phenoxy) is 1. The van der Waals surface area contributed by atoms with Crippen LogP contribution in [-0.2, 0) is 19.1 Å². The van der Waals surface area contributed by atoms with Gasteiger partial charge in [-0.2, -0.15) is 0 Å². The van der Waals surface area contributed by atoms with Crippen molar-refractivity contribution >= 4 is 53.3 Å². The third-order valence-electron chi connectivity index (χ3n) is 10.9. The van der Waals surface area contributed by atoms with Crippen LogP contribution in [0.2, 0.25) is 0 Å². The summed E-state index contributed by atoms with van der Waals surface area (Å²) in [5.41, 5.74) is -0.671. The van der Waals surface area contributed by atoms with Gasteiger partial charge in [-0.3, -0.25) is 29.1 Å². The van der Waals surface area contributed by atoms with E-state index in [0.29, 0.717) is 57.9 Å². The Hall–Kier alpha value is -2.05. The maximum Gasteiger partial charge on any atom is 0.334 e. The molecule has 7 amide bonds. The van der Waals surface area contributed by atoms with Gasteiger partial charge in [-0.25, -0.2) is 9.59 Å². The van der Waals surface area contributed by atoms with E-state index in [2.05, 4.69) is 0 Å². The second-order valence-corrected chi connectivity index (χ2v) is 16.0. The lowest BCUT2D eigenvalue weighted by Crippen LogP contribution is -2.66. The predicted molar refractivity (Wildman–Crippen MR) is 158 cm³/mol. The molecular formula is C30H40N4O6S2. The Morgan fingerprint density at radius 1 is 0.833 bits per heavy atom. The number of imide groups is 3. The van der Waals surface area contributed by atoms with E-state index in [1.807, 2.05) is 4.90 Å². The summed E-state index contributed by atoms with van der Waals surface area (Å²) in [7, 11) is 1.58. The van der Waals surface area contributed by atoms with Gasteiger partial charge in [0.1, 0.15) is 11.1 Å². The Labute approximate surface area is 255 Å². The molecule has 7 rings (SSSR count). The smallest absolute Gasteiger partial charge is 0.334 e. The zero-order chi connectivity index (χ0) is 29.2. The molecule has 4 saturated heterocycles. The summed E-state index contributed by atoms with van der Waals surface area (Å²) >= 11 is 3.13. The molecule has 4 heterocycles. The van der Waals surface area contributed by atoms with Gasteiger partial charge >= 0.3 is 12.1 Å². The first-order valence-corrected chi connectivity index (χ1v) is 17.6. The van der Waals surface area contributed by atoms with Crippen molar-refractivity contribution < 1.29 is 28.7 Å². The first-order valence-electron chi connectivity index (χ1n) is 15.6. The van der Waals surface area contributed by atoms with Crippen LogP contribution in [0.25, 0.3) is 0 Å². The molecule has 0 N–H and O–H groups in total. The average molecular weight is 617 g/mol. The van der Waals surface area contributed by atoms with E-state index in [4.69, 9.17) is 4.74 Å². The summed E-state index contributed by atoms with van der Waals surface area (Å²) in [5.74, 6) is 1.36. The fraction of sp³-hybridized carbons (Fsp3) is 0.767. The van der Waals surface area contributed by atoms with Crippen molar-refractivity contribution in [3.63, 3.8) is 0 Å². The third kappa shape index (κ3) is 4.53. The summed E-state index contributed by atoms with van der Waals surface area (Å²) in [6, 6.07) is -0.940. The average Bonchev–Trinajstić information content (AvgIpc) is 3.52. The topological polar surface area (TPSA) is 108 Å². The molecule has 1 atom stereocenters. The Balaban J connectivity index is 1.08. The van der Waals surface area contributed by atoms with E-state index in [9.17, 15) is 24.0 Å². The van der Waals surface area contributed by atoms with Crippen LogP contribution in [0.15, 0.2) is 9.81 Å². The van der Waals surface area contributed by atoms with Crippen LogP contribution in [-0.4, -0.2) is 106 Å². The number of nitrogens with zero attached hydrogens (tertiary/aromatic N) is 4. The number of carbonyl (C=O) groups excluding carboxylic acids is 5. The minimum absolute atomic E-state index is 0.0816. The number of hydrogen-bond acceptors (Lipinski definition) is 8. The highest BCUT2D eigenvalue weighted by Gasteiger charge is 2.68. The summed E-state index contributed by atoms with van der Waals surface area (Å²) in [6.07, 6.45) is 9.20. The highest BCUT2D eigenvalue weighted by molar-refractivity contribution is 8.22. The van der Waals surface area contributed by atoms with Crippen molar-refractivity contribution in [2.45, 2.75) is 82.2 Å². The molecule has 3 aliphatic carbocycles. The number of barbiturate groups is 1. The van der Waals surface area contributed by atoms with Gasteiger partial charge in [0.25, 0.3) is 17.7 Å². The molecule has 7 aliphatic rings. The molecule has 3 saturated carbocycles. The highest BCUT2D eigenvalue weighted by Crippen LogP contribution is 2.61. The van der Waals surface area contributed by atoms with Crippen LogP contribution < -0.4 is 0 Å². The van der Waals surface area contributed by atoms with Gasteiger partial charge < -0.3 is 9.64 Å². The monoisotopic (exact) mass is 616 g/mol. The summed E-state index contributed by atoms with van der Waals surface area (Å²) < 4.78 is 6.30. The molecule has 4 aliphatic heterocycles. The lowest BCUT2D eigenvalue weighted by molar-refractivity contribution is -0.151. The number of urea groups is 2. The molecule has 7 fully saturated rings. The summed E-state index contributed by atoms with van der Waals surface area (Å²) in [6.45, 7) is 2.25. The molecule has 12 heteroatoms. The second kappa shape index (κ2) is 10.8. The van der Waals surface area contributed by atoms with Crippen molar-refractivity contribution in [3.8, 4) is 0 Å². The zero-order valence-electron chi connectivity index (χ0n) is 24.3. The van der Waals surface area contributed by atoms with Gasteiger partial charge in [-0.05, 0) is 87.0 Å². The molecule has 0 unspecified atom stereocenters. The minimum Gasteiger partial charge on any atom is -0.381 e. The molecule has 0 aromatic rings. The lowest BCUT2D eigenvalue weighted by atomic mass is 9.51. The van der Waals surface area contributed by atoms with Crippen molar-refractivity contribution in [2.75, 3.05) is 44.9 Å².